The van der Waals surface area contributed by atoms with Crippen molar-refractivity contribution in [1.82, 2.24) is 0 Å². The predicted molar refractivity (Wildman–Crippen MR) is 60.6 cm³/mol. The maximum Gasteiger partial charge on any atom is 0.134 e. The van der Waals surface area contributed by atoms with E-state index in [-0.39, 0.29) is 11.0 Å². The second-order valence-electron chi connectivity index (χ2n) is 5.49. The Bertz CT molecular complexity index is 282. The molecule has 0 amide bonds. The number of hydrogen-bond acceptors (Lipinski definition) is 2. The summed E-state index contributed by atoms with van der Waals surface area (Å²) in [6.45, 7) is 6.66. The fourth-order valence-electron chi connectivity index (χ4n) is 3.30. The Kier molecular flexibility index (Phi) is 2.68. The van der Waals surface area contributed by atoms with Gasteiger partial charge in [-0.05, 0) is 30.8 Å². The highest BCUT2D eigenvalue weighted by Gasteiger charge is 2.72. The summed E-state index contributed by atoms with van der Waals surface area (Å²) in [5.74, 6) is 0.522. The van der Waals surface area contributed by atoms with Gasteiger partial charge in [-0.1, -0.05) is 39.7 Å². The van der Waals surface area contributed by atoms with E-state index in [1.165, 1.54) is 24.8 Å². The van der Waals surface area contributed by atoms with Crippen LogP contribution in [0.1, 0.15) is 52.9 Å². The number of fused-ring (bicyclic) bond motifs is 1. The minimum Gasteiger partial charge on any atom is -0.251 e. The molecule has 2 aliphatic rings. The SMILES string of the molecule is CC(C)C1(C)/C2=C/CCCCCC21OO. The van der Waals surface area contributed by atoms with Crippen LogP contribution in [0.25, 0.3) is 0 Å². The molecule has 2 rings (SSSR count). The molecule has 0 aromatic heterocycles. The summed E-state index contributed by atoms with van der Waals surface area (Å²) in [7, 11) is 0. The summed E-state index contributed by atoms with van der Waals surface area (Å²) in [4.78, 5) is 4.90. The van der Waals surface area contributed by atoms with Gasteiger partial charge in [0, 0.05) is 5.41 Å². The van der Waals surface area contributed by atoms with Gasteiger partial charge in [0.25, 0.3) is 0 Å². The Morgan fingerprint density at radius 3 is 2.67 bits per heavy atom. The highest BCUT2D eigenvalue weighted by atomic mass is 17.1. The smallest absolute Gasteiger partial charge is 0.134 e. The van der Waals surface area contributed by atoms with Gasteiger partial charge in [-0.3, -0.25) is 5.26 Å². The van der Waals surface area contributed by atoms with Crippen LogP contribution in [0, 0.1) is 11.3 Å². The first-order valence-electron chi connectivity index (χ1n) is 6.13. The largest absolute Gasteiger partial charge is 0.251 e. The second-order valence-corrected chi connectivity index (χ2v) is 5.49. The summed E-state index contributed by atoms with van der Waals surface area (Å²) in [6, 6.07) is 0. The van der Waals surface area contributed by atoms with Crippen molar-refractivity contribution in [2.24, 2.45) is 11.3 Å². The third kappa shape index (κ3) is 1.31. The normalized spacial score (nSPS) is 43.9. The molecule has 2 aliphatic carbocycles. The Labute approximate surface area is 92.3 Å². The van der Waals surface area contributed by atoms with Crippen molar-refractivity contribution in [3.8, 4) is 0 Å². The Hall–Kier alpha value is -0.340. The van der Waals surface area contributed by atoms with Gasteiger partial charge in [-0.2, -0.15) is 0 Å². The minimum absolute atomic E-state index is 0.0616. The van der Waals surface area contributed by atoms with Crippen LogP contribution in [0.3, 0.4) is 0 Å². The Balaban J connectivity index is 2.32. The highest BCUT2D eigenvalue weighted by molar-refractivity contribution is 5.49. The highest BCUT2D eigenvalue weighted by Crippen LogP contribution is 2.70. The molecule has 0 heterocycles. The van der Waals surface area contributed by atoms with E-state index < -0.39 is 0 Å². The first-order valence-corrected chi connectivity index (χ1v) is 6.13. The van der Waals surface area contributed by atoms with Crippen LogP contribution in [0.2, 0.25) is 0 Å². The molecule has 15 heavy (non-hydrogen) atoms. The summed E-state index contributed by atoms with van der Waals surface area (Å²) in [5, 5.41) is 9.25. The van der Waals surface area contributed by atoms with E-state index in [9.17, 15) is 5.26 Å². The molecule has 2 nitrogen and oxygen atoms in total. The van der Waals surface area contributed by atoms with Gasteiger partial charge in [0.1, 0.15) is 5.60 Å². The zero-order valence-electron chi connectivity index (χ0n) is 10.0. The van der Waals surface area contributed by atoms with Crippen molar-refractivity contribution >= 4 is 0 Å². The van der Waals surface area contributed by atoms with E-state index >= 15 is 0 Å². The van der Waals surface area contributed by atoms with Gasteiger partial charge in [0.15, 0.2) is 0 Å². The van der Waals surface area contributed by atoms with Crippen molar-refractivity contribution in [2.45, 2.75) is 58.5 Å². The molecule has 0 radical (unpaired) electrons. The molecule has 86 valence electrons. The second kappa shape index (κ2) is 3.60. The van der Waals surface area contributed by atoms with Crippen molar-refractivity contribution in [2.75, 3.05) is 0 Å². The summed E-state index contributed by atoms with van der Waals surface area (Å²) in [6.07, 6.45) is 8.12. The third-order valence-corrected chi connectivity index (χ3v) is 4.66. The molecule has 0 aromatic rings. The average molecular weight is 210 g/mol. The molecule has 0 bridgehead atoms. The topological polar surface area (TPSA) is 29.5 Å². The van der Waals surface area contributed by atoms with Crippen LogP contribution in [0.5, 0.6) is 0 Å². The van der Waals surface area contributed by atoms with Crippen molar-refractivity contribution < 1.29 is 10.1 Å². The molecule has 1 fully saturated rings. The molecule has 2 unspecified atom stereocenters. The molecule has 0 aromatic carbocycles. The fraction of sp³-hybridized carbons (Fsp3) is 0.846. The lowest BCUT2D eigenvalue weighted by Crippen LogP contribution is -2.25. The number of allylic oxidation sites excluding steroid dienone is 1. The predicted octanol–water partition coefficient (Wildman–Crippen LogP) is 3.78. The van der Waals surface area contributed by atoms with Gasteiger partial charge in [0.2, 0.25) is 0 Å². The van der Waals surface area contributed by atoms with E-state index in [4.69, 9.17) is 4.89 Å². The molecule has 2 atom stereocenters. The van der Waals surface area contributed by atoms with Crippen LogP contribution in [-0.4, -0.2) is 10.9 Å². The lowest BCUT2D eigenvalue weighted by Gasteiger charge is -2.21. The maximum absolute atomic E-state index is 9.25. The molecule has 2 heteroatoms. The molecule has 0 spiro atoms. The molecule has 0 saturated heterocycles. The van der Waals surface area contributed by atoms with E-state index in [2.05, 4.69) is 26.8 Å². The quantitative estimate of drug-likeness (QED) is 0.427. The zero-order valence-corrected chi connectivity index (χ0v) is 10.0. The van der Waals surface area contributed by atoms with Crippen molar-refractivity contribution in [1.29, 1.82) is 0 Å². The summed E-state index contributed by atoms with van der Waals surface area (Å²) >= 11 is 0. The third-order valence-electron chi connectivity index (χ3n) is 4.66. The lowest BCUT2D eigenvalue weighted by molar-refractivity contribution is -0.301. The van der Waals surface area contributed by atoms with Gasteiger partial charge >= 0.3 is 0 Å². The van der Waals surface area contributed by atoms with E-state index in [0.717, 1.165) is 12.8 Å². The van der Waals surface area contributed by atoms with Crippen LogP contribution in [0.15, 0.2) is 11.6 Å². The number of rotatable bonds is 2. The lowest BCUT2D eigenvalue weighted by atomic mass is 9.88. The molecule has 1 saturated carbocycles. The first-order chi connectivity index (χ1) is 7.09. The van der Waals surface area contributed by atoms with Gasteiger partial charge in [-0.15, -0.1) is 0 Å². The summed E-state index contributed by atoms with van der Waals surface area (Å²) in [5.41, 5.74) is 1.06. The first kappa shape index (κ1) is 11.2. The minimum atomic E-state index is -0.346. The molecular formula is C13H22O2. The van der Waals surface area contributed by atoms with Crippen LogP contribution in [-0.2, 0) is 4.89 Å². The Morgan fingerprint density at radius 2 is 2.07 bits per heavy atom. The van der Waals surface area contributed by atoms with Crippen molar-refractivity contribution in [3.05, 3.63) is 11.6 Å². The van der Waals surface area contributed by atoms with Gasteiger partial charge in [0.05, 0.1) is 0 Å². The Morgan fingerprint density at radius 1 is 1.33 bits per heavy atom. The maximum atomic E-state index is 9.25. The van der Waals surface area contributed by atoms with E-state index in [1.807, 2.05) is 0 Å². The molecule has 1 N–H and O–H groups in total. The zero-order chi connectivity index (χ0) is 11.1. The summed E-state index contributed by atoms with van der Waals surface area (Å²) < 4.78 is 0. The van der Waals surface area contributed by atoms with Crippen molar-refractivity contribution in [3.63, 3.8) is 0 Å². The fourth-order valence-corrected chi connectivity index (χ4v) is 3.30. The van der Waals surface area contributed by atoms with Gasteiger partial charge in [-0.25, -0.2) is 4.89 Å². The van der Waals surface area contributed by atoms with Crippen LogP contribution >= 0.6 is 0 Å². The van der Waals surface area contributed by atoms with E-state index in [1.54, 1.807) is 0 Å². The van der Waals surface area contributed by atoms with Crippen LogP contribution < -0.4 is 0 Å². The standard InChI is InChI=1S/C13H22O2/c1-10(2)12(3)11-8-6-4-5-7-9-13(11,12)15-14/h8,10,14H,4-7,9H2,1-3H3/b11-8-. The average Bonchev–Trinajstić information content (AvgIpc) is 2.66. The van der Waals surface area contributed by atoms with Crippen LogP contribution in [0.4, 0.5) is 0 Å². The number of hydrogen-bond donors (Lipinski definition) is 1. The van der Waals surface area contributed by atoms with Gasteiger partial charge < -0.3 is 0 Å². The molecular weight excluding hydrogens is 188 g/mol. The monoisotopic (exact) mass is 210 g/mol. The molecule has 0 aliphatic heterocycles. The van der Waals surface area contributed by atoms with E-state index in [0.29, 0.717) is 5.92 Å².